The molecule has 0 bridgehead atoms. The van der Waals surface area contributed by atoms with Crippen LogP contribution in [0.5, 0.6) is 11.5 Å². The van der Waals surface area contributed by atoms with E-state index in [9.17, 15) is 24.5 Å². The zero-order valence-corrected chi connectivity index (χ0v) is 15.7. The molecule has 0 amide bonds. The average Bonchev–Trinajstić information content (AvgIpc) is 3.18. The van der Waals surface area contributed by atoms with Gasteiger partial charge < -0.3 is 9.47 Å². The molecule has 10 heteroatoms. The molecule has 0 saturated heterocycles. The first-order chi connectivity index (χ1) is 13.9. The minimum atomic E-state index is -0.841. The van der Waals surface area contributed by atoms with Crippen molar-refractivity contribution >= 4 is 34.1 Å². The van der Waals surface area contributed by atoms with Crippen LogP contribution in [-0.4, -0.2) is 27.6 Å². The fourth-order valence-corrected chi connectivity index (χ4v) is 3.03. The summed E-state index contributed by atoms with van der Waals surface area (Å²) in [5.41, 5.74) is 0.00454. The number of nitrogens with zero attached hydrogens (tertiary/aromatic N) is 2. The topological polar surface area (TPSA) is 126 Å². The number of ketones is 1. The molecule has 2 aromatic carbocycles. The number of nitro groups is 1. The molecule has 0 fully saturated rings. The molecule has 0 saturated carbocycles. The minimum absolute atomic E-state index is 0.00478. The van der Waals surface area contributed by atoms with Crippen LogP contribution in [0.2, 0.25) is 0 Å². The molecule has 9 nitrogen and oxygen atoms in total. The smallest absolute Gasteiger partial charge is 0.347 e. The van der Waals surface area contributed by atoms with Crippen LogP contribution in [0.1, 0.15) is 32.6 Å². The molecule has 3 aromatic rings. The summed E-state index contributed by atoms with van der Waals surface area (Å²) in [5.74, 6) is -2.11. The molecule has 0 aliphatic carbocycles. The summed E-state index contributed by atoms with van der Waals surface area (Å²) in [7, 11) is 0. The Morgan fingerprint density at radius 1 is 0.966 bits per heavy atom. The van der Waals surface area contributed by atoms with Crippen LogP contribution in [0.4, 0.5) is 5.00 Å². The summed E-state index contributed by atoms with van der Waals surface area (Å²) in [6.07, 6.45) is 0.988. The number of hydrogen-bond acceptors (Lipinski definition) is 9. The van der Waals surface area contributed by atoms with Crippen molar-refractivity contribution in [2.24, 2.45) is 0 Å². The quantitative estimate of drug-likeness (QED) is 0.198. The van der Waals surface area contributed by atoms with Gasteiger partial charge in [-0.2, -0.15) is 0 Å². The van der Waals surface area contributed by atoms with Crippen LogP contribution in [0.15, 0.2) is 54.7 Å². The molecular formula is C19H12N2O7S. The van der Waals surface area contributed by atoms with E-state index >= 15 is 0 Å². The van der Waals surface area contributed by atoms with Crippen molar-refractivity contribution in [2.45, 2.75) is 6.92 Å². The first-order valence-corrected chi connectivity index (χ1v) is 8.92. The summed E-state index contributed by atoms with van der Waals surface area (Å²) >= 11 is 0.619. The molecule has 1 aromatic heterocycles. The summed E-state index contributed by atoms with van der Waals surface area (Å²) in [6.45, 7) is 1.20. The Morgan fingerprint density at radius 3 is 2.14 bits per heavy atom. The SMILES string of the molecule is CC(=O)Oc1ccccc1C(=O)Oc1ccccc1C(=O)c1ncc([N+](=O)[O-])s1. The van der Waals surface area contributed by atoms with Gasteiger partial charge in [-0.15, -0.1) is 0 Å². The second-order valence-electron chi connectivity index (χ2n) is 5.57. The van der Waals surface area contributed by atoms with E-state index in [0.29, 0.717) is 11.3 Å². The van der Waals surface area contributed by atoms with Crippen molar-refractivity contribution in [3.63, 3.8) is 0 Å². The van der Waals surface area contributed by atoms with E-state index in [1.165, 1.54) is 31.2 Å². The molecule has 0 atom stereocenters. The lowest BCUT2D eigenvalue weighted by Gasteiger charge is -2.11. The molecular weight excluding hydrogens is 400 g/mol. The predicted octanol–water partition coefficient (Wildman–Crippen LogP) is 3.43. The van der Waals surface area contributed by atoms with E-state index in [4.69, 9.17) is 9.47 Å². The van der Waals surface area contributed by atoms with Crippen molar-refractivity contribution in [1.82, 2.24) is 4.98 Å². The molecule has 0 aliphatic rings. The lowest BCUT2D eigenvalue weighted by Crippen LogP contribution is -2.14. The van der Waals surface area contributed by atoms with Crippen LogP contribution < -0.4 is 9.47 Å². The van der Waals surface area contributed by atoms with Gasteiger partial charge in [0.1, 0.15) is 23.3 Å². The van der Waals surface area contributed by atoms with E-state index in [0.717, 1.165) is 6.20 Å². The average molecular weight is 412 g/mol. The maximum absolute atomic E-state index is 12.7. The van der Waals surface area contributed by atoms with E-state index in [-0.39, 0.29) is 32.6 Å². The largest absolute Gasteiger partial charge is 0.426 e. The number of esters is 2. The van der Waals surface area contributed by atoms with Gasteiger partial charge in [0.2, 0.25) is 5.78 Å². The van der Waals surface area contributed by atoms with Gasteiger partial charge >= 0.3 is 16.9 Å². The van der Waals surface area contributed by atoms with Gasteiger partial charge in [0.05, 0.1) is 10.5 Å². The van der Waals surface area contributed by atoms with Gasteiger partial charge in [-0.25, -0.2) is 9.78 Å². The monoisotopic (exact) mass is 412 g/mol. The Bertz CT molecular complexity index is 1120. The first kappa shape index (κ1) is 19.8. The van der Waals surface area contributed by atoms with Crippen molar-refractivity contribution in [2.75, 3.05) is 0 Å². The normalized spacial score (nSPS) is 10.2. The number of para-hydroxylation sites is 2. The third-order valence-corrected chi connectivity index (χ3v) is 4.51. The Kier molecular flexibility index (Phi) is 5.74. The molecule has 146 valence electrons. The number of hydrogen-bond donors (Lipinski definition) is 0. The molecule has 29 heavy (non-hydrogen) atoms. The van der Waals surface area contributed by atoms with Crippen molar-refractivity contribution in [1.29, 1.82) is 0 Å². The highest BCUT2D eigenvalue weighted by Gasteiger charge is 2.23. The highest BCUT2D eigenvalue weighted by molar-refractivity contribution is 7.16. The van der Waals surface area contributed by atoms with Crippen molar-refractivity contribution in [3.05, 3.63) is 81.0 Å². The van der Waals surface area contributed by atoms with Crippen LogP contribution >= 0.6 is 11.3 Å². The second kappa shape index (κ2) is 8.40. The number of carbonyl (C=O) groups excluding carboxylic acids is 3. The third-order valence-electron chi connectivity index (χ3n) is 3.56. The zero-order valence-electron chi connectivity index (χ0n) is 14.9. The maximum atomic E-state index is 12.7. The fourth-order valence-electron chi connectivity index (χ4n) is 2.35. The van der Waals surface area contributed by atoms with Gasteiger partial charge in [-0.05, 0) is 35.6 Å². The standard InChI is InChI=1S/C19H12N2O7S/c1-11(22)27-15-9-5-3-7-13(15)19(24)28-14-8-4-2-6-12(14)17(23)18-20-10-16(29-18)21(25)26/h2-10H,1H3. The maximum Gasteiger partial charge on any atom is 0.347 e. The first-order valence-electron chi connectivity index (χ1n) is 8.10. The van der Waals surface area contributed by atoms with Gasteiger partial charge in [-0.3, -0.25) is 19.7 Å². The summed E-state index contributed by atoms with van der Waals surface area (Å²) in [5, 5.41) is 10.4. The molecule has 0 radical (unpaired) electrons. The Balaban J connectivity index is 1.90. The highest BCUT2D eigenvalue weighted by atomic mass is 32.1. The minimum Gasteiger partial charge on any atom is -0.426 e. The van der Waals surface area contributed by atoms with E-state index in [1.54, 1.807) is 24.3 Å². The second-order valence-corrected chi connectivity index (χ2v) is 6.57. The van der Waals surface area contributed by atoms with Gasteiger partial charge in [0.15, 0.2) is 5.01 Å². The summed E-state index contributed by atoms with van der Waals surface area (Å²) in [6, 6.07) is 11.9. The number of thiazole rings is 1. The van der Waals surface area contributed by atoms with Crippen LogP contribution in [0.25, 0.3) is 0 Å². The number of benzene rings is 2. The van der Waals surface area contributed by atoms with E-state index in [2.05, 4.69) is 4.98 Å². The lowest BCUT2D eigenvalue weighted by molar-refractivity contribution is -0.380. The molecule has 0 unspecified atom stereocenters. The van der Waals surface area contributed by atoms with Crippen LogP contribution in [-0.2, 0) is 4.79 Å². The number of aromatic nitrogens is 1. The van der Waals surface area contributed by atoms with Crippen molar-refractivity contribution in [3.8, 4) is 11.5 Å². The summed E-state index contributed by atoms with van der Waals surface area (Å²) < 4.78 is 10.3. The highest BCUT2D eigenvalue weighted by Crippen LogP contribution is 2.28. The van der Waals surface area contributed by atoms with Gasteiger partial charge in [0.25, 0.3) is 0 Å². The Labute approximate surface area is 167 Å². The van der Waals surface area contributed by atoms with Gasteiger partial charge in [0, 0.05) is 6.92 Å². The van der Waals surface area contributed by atoms with Crippen molar-refractivity contribution < 1.29 is 28.8 Å². The number of carbonyl (C=O) groups is 3. The Hall–Kier alpha value is -3.92. The molecule has 0 N–H and O–H groups in total. The van der Waals surface area contributed by atoms with E-state index < -0.39 is 22.6 Å². The fraction of sp³-hybridized carbons (Fsp3) is 0.0526. The number of rotatable bonds is 6. The molecule has 1 heterocycles. The van der Waals surface area contributed by atoms with Crippen LogP contribution in [0, 0.1) is 10.1 Å². The van der Waals surface area contributed by atoms with Crippen LogP contribution in [0.3, 0.4) is 0 Å². The zero-order chi connectivity index (χ0) is 21.0. The number of ether oxygens (including phenoxy) is 2. The van der Waals surface area contributed by atoms with Gasteiger partial charge in [-0.1, -0.05) is 24.3 Å². The third kappa shape index (κ3) is 4.50. The predicted molar refractivity (Wildman–Crippen MR) is 101 cm³/mol. The molecule has 3 rings (SSSR count). The summed E-state index contributed by atoms with van der Waals surface area (Å²) in [4.78, 5) is 50.4. The lowest BCUT2D eigenvalue weighted by atomic mass is 10.1. The Morgan fingerprint density at radius 2 is 1.55 bits per heavy atom. The van der Waals surface area contributed by atoms with E-state index in [1.807, 2.05) is 0 Å². The molecule has 0 aliphatic heterocycles. The molecule has 0 spiro atoms.